The van der Waals surface area contributed by atoms with Crippen molar-refractivity contribution in [1.82, 2.24) is 9.68 Å². The van der Waals surface area contributed by atoms with E-state index in [1.807, 2.05) is 18.0 Å². The average molecular weight is 619 g/mol. The summed E-state index contributed by atoms with van der Waals surface area (Å²) in [5, 5.41) is 4.27. The highest BCUT2D eigenvalue weighted by Crippen LogP contribution is 2.49. The van der Waals surface area contributed by atoms with E-state index >= 15 is 0 Å². The molecule has 0 saturated heterocycles. The molecule has 0 saturated carbocycles. The normalized spacial score (nSPS) is 14.1. The third-order valence-corrected chi connectivity index (χ3v) is 13.3. The zero-order valence-electron chi connectivity index (χ0n) is 26.8. The number of hydrogen-bond donors (Lipinski definition) is 0. The summed E-state index contributed by atoms with van der Waals surface area (Å²) in [7, 11) is 2.78. The molecule has 2 aromatic carbocycles. The number of hydrazone groups is 1. The lowest BCUT2D eigenvalue weighted by atomic mass is 10.1. The molecule has 0 radical (unpaired) electrons. The van der Waals surface area contributed by atoms with Crippen LogP contribution in [0.3, 0.4) is 0 Å². The Hall–Kier alpha value is -1.58. The monoisotopic (exact) mass is 618 g/mol. The quantitative estimate of drug-likeness (QED) is 0.0840. The standard InChI is InChI=1S/C33H54N3O2P2S/c1-9-25-33(12-4,38-31-20-16-28(17-21-31)24-26-36(13-5)14-6)40(41)35(8)34-27-29-18-22-30(23-19-29)37-32(10-2,11-3)39-15-7/h16-23,27,39H,9-15,24-26H2,1-8H3/q+1. The van der Waals surface area contributed by atoms with Crippen molar-refractivity contribution in [3.05, 3.63) is 59.7 Å². The molecule has 228 valence electrons. The van der Waals surface area contributed by atoms with Crippen LogP contribution < -0.4 is 9.47 Å². The van der Waals surface area contributed by atoms with E-state index in [1.165, 1.54) is 5.56 Å². The molecule has 2 rings (SSSR count). The van der Waals surface area contributed by atoms with Gasteiger partial charge in [-0.15, -0.1) is 9.88 Å². The predicted octanol–water partition coefficient (Wildman–Crippen LogP) is 9.27. The Morgan fingerprint density at radius 1 is 0.854 bits per heavy atom. The van der Waals surface area contributed by atoms with Crippen molar-refractivity contribution in [2.24, 2.45) is 5.10 Å². The third-order valence-electron chi connectivity index (χ3n) is 7.86. The molecule has 0 N–H and O–H groups in total. The topological polar surface area (TPSA) is 37.3 Å². The molecule has 0 bridgehead atoms. The van der Waals surface area contributed by atoms with Crippen LogP contribution >= 0.6 is 15.4 Å². The minimum absolute atomic E-state index is 0.0584. The van der Waals surface area contributed by atoms with Gasteiger partial charge in [0.1, 0.15) is 16.8 Å². The van der Waals surface area contributed by atoms with Crippen LogP contribution in [0.4, 0.5) is 0 Å². The average Bonchev–Trinajstić information content (AvgIpc) is 3.00. The molecule has 0 amide bonds. The predicted molar refractivity (Wildman–Crippen MR) is 185 cm³/mol. The summed E-state index contributed by atoms with van der Waals surface area (Å²) in [6, 6.07) is 16.9. The molecule has 0 heterocycles. The van der Waals surface area contributed by atoms with E-state index in [0.717, 1.165) is 90.0 Å². The Morgan fingerprint density at radius 3 is 1.95 bits per heavy atom. The van der Waals surface area contributed by atoms with Crippen LogP contribution in [0.2, 0.25) is 0 Å². The summed E-state index contributed by atoms with van der Waals surface area (Å²) in [4.78, 5) is 2.45. The number of ether oxygens (including phenoxy) is 2. The van der Waals surface area contributed by atoms with Gasteiger partial charge in [-0.1, -0.05) is 69.2 Å². The molecular formula is C33H54N3O2P2S+. The van der Waals surface area contributed by atoms with Gasteiger partial charge >= 0.3 is 6.85 Å². The zero-order valence-corrected chi connectivity index (χ0v) is 29.5. The van der Waals surface area contributed by atoms with E-state index in [4.69, 9.17) is 26.4 Å². The van der Waals surface area contributed by atoms with Crippen LogP contribution in [0, 0.1) is 0 Å². The van der Waals surface area contributed by atoms with Crippen LogP contribution in [0.25, 0.3) is 0 Å². The molecule has 41 heavy (non-hydrogen) atoms. The fourth-order valence-corrected chi connectivity index (χ4v) is 8.82. The zero-order chi connectivity index (χ0) is 30.3. The van der Waals surface area contributed by atoms with Gasteiger partial charge in [-0.05, 0) is 92.5 Å². The molecule has 0 spiro atoms. The van der Waals surface area contributed by atoms with Crippen molar-refractivity contribution < 1.29 is 9.47 Å². The molecule has 0 aliphatic heterocycles. The van der Waals surface area contributed by atoms with Crippen molar-refractivity contribution in [2.45, 2.75) is 97.7 Å². The van der Waals surface area contributed by atoms with Crippen LogP contribution in [0.5, 0.6) is 11.5 Å². The van der Waals surface area contributed by atoms with Gasteiger partial charge in [0, 0.05) is 19.4 Å². The molecule has 0 aliphatic carbocycles. The summed E-state index contributed by atoms with van der Waals surface area (Å²) in [6.07, 6.45) is 8.85. The van der Waals surface area contributed by atoms with Crippen LogP contribution in [-0.2, 0) is 18.2 Å². The first-order chi connectivity index (χ1) is 19.7. The number of benzene rings is 2. The van der Waals surface area contributed by atoms with Gasteiger partial charge in [-0.2, -0.15) is 0 Å². The van der Waals surface area contributed by atoms with Crippen LogP contribution in [0.15, 0.2) is 53.6 Å². The van der Waals surface area contributed by atoms with E-state index < -0.39 is 12.2 Å². The van der Waals surface area contributed by atoms with Crippen LogP contribution in [-0.4, -0.2) is 59.4 Å². The van der Waals surface area contributed by atoms with Crippen molar-refractivity contribution in [1.29, 1.82) is 0 Å². The summed E-state index contributed by atoms with van der Waals surface area (Å²) in [6.45, 7) is 17.6. The Labute approximate surface area is 258 Å². The van der Waals surface area contributed by atoms with Crippen molar-refractivity contribution in [3.8, 4) is 11.5 Å². The molecule has 5 nitrogen and oxygen atoms in total. The maximum absolute atomic E-state index is 6.74. The number of rotatable bonds is 20. The van der Waals surface area contributed by atoms with Crippen LogP contribution in [0.1, 0.15) is 91.7 Å². The molecule has 0 fully saturated rings. The maximum Gasteiger partial charge on any atom is 0.358 e. The van der Waals surface area contributed by atoms with E-state index in [0.29, 0.717) is 0 Å². The van der Waals surface area contributed by atoms with E-state index in [-0.39, 0.29) is 5.34 Å². The third kappa shape index (κ3) is 10.6. The number of likely N-dealkylation sites (N-methyl/N-ethyl adjacent to an activating group) is 1. The summed E-state index contributed by atoms with van der Waals surface area (Å²) in [5.41, 5.74) is 2.36. The molecule has 2 aromatic rings. The molecule has 0 aromatic heterocycles. The highest BCUT2D eigenvalue weighted by molar-refractivity contribution is 8.04. The number of hydrogen-bond acceptors (Lipinski definition) is 5. The molecular weight excluding hydrogens is 564 g/mol. The summed E-state index contributed by atoms with van der Waals surface area (Å²) in [5.74, 6) is 1.81. The van der Waals surface area contributed by atoms with E-state index in [9.17, 15) is 0 Å². The van der Waals surface area contributed by atoms with Crippen molar-refractivity contribution in [3.63, 3.8) is 0 Å². The lowest BCUT2D eigenvalue weighted by Gasteiger charge is -2.32. The number of nitrogens with zero attached hydrogens (tertiary/aromatic N) is 3. The SMILES string of the molecule is CCCC(CC)(Oc1ccc(CCN(CC)CC)cc1)[P+](=S)N(C)N=Cc1ccc(OC(CC)(CC)PCC)cc1. The molecule has 3 atom stereocenters. The summed E-state index contributed by atoms with van der Waals surface area (Å²) < 4.78 is 15.1. The van der Waals surface area contributed by atoms with Gasteiger partial charge in [-0.3, -0.25) is 0 Å². The van der Waals surface area contributed by atoms with E-state index in [2.05, 4.69) is 102 Å². The fourth-order valence-electron chi connectivity index (χ4n) is 5.04. The smallest absolute Gasteiger partial charge is 0.358 e. The first-order valence-corrected chi connectivity index (χ1v) is 19.0. The highest BCUT2D eigenvalue weighted by atomic mass is 32.4. The Bertz CT molecular complexity index is 1060. The van der Waals surface area contributed by atoms with E-state index in [1.54, 1.807) is 0 Å². The molecule has 0 aliphatic rings. The summed E-state index contributed by atoms with van der Waals surface area (Å²) >= 11 is 6.15. The van der Waals surface area contributed by atoms with Gasteiger partial charge in [0.05, 0.1) is 13.3 Å². The first kappa shape index (κ1) is 35.6. The molecule has 8 heteroatoms. The largest absolute Gasteiger partial charge is 0.483 e. The first-order valence-electron chi connectivity index (χ1n) is 15.5. The second kappa shape index (κ2) is 18.2. The highest BCUT2D eigenvalue weighted by Gasteiger charge is 2.48. The minimum Gasteiger partial charge on any atom is -0.483 e. The Balaban J connectivity index is 2.11. The molecule has 3 unspecified atom stereocenters. The minimum atomic E-state index is -1.11. The van der Waals surface area contributed by atoms with Gasteiger partial charge < -0.3 is 14.4 Å². The lowest BCUT2D eigenvalue weighted by molar-refractivity contribution is 0.140. The maximum atomic E-state index is 6.74. The van der Waals surface area contributed by atoms with Crippen molar-refractivity contribution in [2.75, 3.05) is 32.8 Å². The van der Waals surface area contributed by atoms with Crippen molar-refractivity contribution >= 4 is 33.4 Å². The fraction of sp³-hybridized carbons (Fsp3) is 0.606. The Kier molecular flexibility index (Phi) is 15.8. The van der Waals surface area contributed by atoms with Gasteiger partial charge in [0.2, 0.25) is 0 Å². The van der Waals surface area contributed by atoms with Gasteiger partial charge in [0.25, 0.3) is 5.34 Å². The lowest BCUT2D eigenvalue weighted by Crippen LogP contribution is -2.34. The second-order valence-corrected chi connectivity index (χ2v) is 15.4. The second-order valence-electron chi connectivity index (χ2n) is 10.5. The Morgan fingerprint density at radius 2 is 1.44 bits per heavy atom. The van der Waals surface area contributed by atoms with Gasteiger partial charge in [-0.25, -0.2) is 0 Å². The van der Waals surface area contributed by atoms with Gasteiger partial charge in [0.15, 0.2) is 11.8 Å².